The van der Waals surface area contributed by atoms with Gasteiger partial charge in [0.1, 0.15) is 0 Å². The molecule has 0 unspecified atom stereocenters. The lowest BCUT2D eigenvalue weighted by Gasteiger charge is -2.27. The fourth-order valence-electron chi connectivity index (χ4n) is 1.42. The van der Waals surface area contributed by atoms with Crippen molar-refractivity contribution < 1.29 is 8.42 Å². The van der Waals surface area contributed by atoms with Crippen LogP contribution in [-0.4, -0.2) is 14.0 Å². The summed E-state index contributed by atoms with van der Waals surface area (Å²) in [6, 6.07) is 4.58. The van der Waals surface area contributed by atoms with Crippen LogP contribution in [0, 0.1) is 0 Å². The Morgan fingerprint density at radius 2 is 1.89 bits per heavy atom. The van der Waals surface area contributed by atoms with E-state index in [4.69, 9.17) is 11.6 Å². The highest BCUT2D eigenvalue weighted by Gasteiger charge is 2.27. The maximum absolute atomic E-state index is 12.3. The smallest absolute Gasteiger partial charge is 0.207 e. The van der Waals surface area contributed by atoms with Crippen molar-refractivity contribution in [2.24, 2.45) is 0 Å². The summed E-state index contributed by atoms with van der Waals surface area (Å²) in [6.07, 6.45) is 1.47. The van der Waals surface area contributed by atoms with E-state index in [1.807, 2.05) is 20.8 Å². The summed E-state index contributed by atoms with van der Waals surface area (Å²) in [5.74, 6) is 0. The van der Waals surface area contributed by atoms with E-state index < -0.39 is 15.6 Å². The Kier molecular flexibility index (Phi) is 5.23. The third kappa shape index (κ3) is 3.70. The molecule has 0 saturated carbocycles. The van der Waals surface area contributed by atoms with Crippen molar-refractivity contribution in [2.75, 3.05) is 0 Å². The van der Waals surface area contributed by atoms with Crippen LogP contribution in [0.3, 0.4) is 0 Å². The minimum Gasteiger partial charge on any atom is -0.207 e. The molecule has 1 aromatic carbocycles. The van der Waals surface area contributed by atoms with Gasteiger partial charge in [-0.2, -0.15) is 0 Å². The van der Waals surface area contributed by atoms with E-state index in [2.05, 4.69) is 20.7 Å². The van der Waals surface area contributed by atoms with Crippen molar-refractivity contribution in [1.82, 2.24) is 4.72 Å². The molecule has 6 heteroatoms. The Balaban J connectivity index is 3.10. The quantitative estimate of drug-likeness (QED) is 0.870. The molecule has 0 radical (unpaired) electrons. The number of benzene rings is 1. The molecule has 3 nitrogen and oxygen atoms in total. The summed E-state index contributed by atoms with van der Waals surface area (Å²) in [5.41, 5.74) is -0.426. The fourth-order valence-corrected chi connectivity index (χ4v) is 3.65. The number of hydrogen-bond acceptors (Lipinski definition) is 2. The van der Waals surface area contributed by atoms with E-state index in [1.54, 1.807) is 6.07 Å². The van der Waals surface area contributed by atoms with Gasteiger partial charge in [-0.25, -0.2) is 13.1 Å². The van der Waals surface area contributed by atoms with Crippen molar-refractivity contribution in [3.05, 3.63) is 27.7 Å². The highest BCUT2D eigenvalue weighted by molar-refractivity contribution is 9.10. The zero-order valence-corrected chi connectivity index (χ0v) is 13.8. The van der Waals surface area contributed by atoms with Crippen LogP contribution in [0.15, 0.2) is 27.6 Å². The predicted octanol–water partition coefficient (Wildman–Crippen LogP) is 3.96. The van der Waals surface area contributed by atoms with Gasteiger partial charge in [0.25, 0.3) is 0 Å². The monoisotopic (exact) mass is 353 g/mol. The molecule has 1 N–H and O–H groups in total. The van der Waals surface area contributed by atoms with E-state index in [1.165, 1.54) is 12.1 Å². The van der Waals surface area contributed by atoms with Crippen molar-refractivity contribution in [3.63, 3.8) is 0 Å². The lowest BCUT2D eigenvalue weighted by molar-refractivity contribution is 0.388. The maximum atomic E-state index is 12.3. The van der Waals surface area contributed by atoms with E-state index in [0.717, 1.165) is 12.8 Å². The lowest BCUT2D eigenvalue weighted by Crippen LogP contribution is -2.44. The third-order valence-electron chi connectivity index (χ3n) is 3.14. The van der Waals surface area contributed by atoms with Gasteiger partial charge in [0.05, 0.1) is 9.92 Å². The first-order chi connectivity index (χ1) is 8.24. The zero-order chi connectivity index (χ0) is 14.0. The van der Waals surface area contributed by atoms with Gasteiger partial charge in [-0.15, -0.1) is 0 Å². The van der Waals surface area contributed by atoms with Crippen LogP contribution in [0.2, 0.25) is 5.02 Å². The summed E-state index contributed by atoms with van der Waals surface area (Å²) >= 11 is 9.08. The summed E-state index contributed by atoms with van der Waals surface area (Å²) < 4.78 is 27.8. The molecule has 1 aromatic rings. The van der Waals surface area contributed by atoms with Crippen LogP contribution in [0.1, 0.15) is 33.6 Å². The van der Waals surface area contributed by atoms with Gasteiger partial charge in [0, 0.05) is 10.0 Å². The minimum absolute atomic E-state index is 0.215. The summed E-state index contributed by atoms with van der Waals surface area (Å²) in [4.78, 5) is 0.215. The second-order valence-electron chi connectivity index (χ2n) is 4.45. The Hall–Kier alpha value is -0.100. The molecule has 18 heavy (non-hydrogen) atoms. The molecule has 1 rings (SSSR count). The molecule has 102 valence electrons. The van der Waals surface area contributed by atoms with Crippen molar-refractivity contribution >= 4 is 37.6 Å². The number of sulfonamides is 1. The molecular weight excluding hydrogens is 338 g/mol. The summed E-state index contributed by atoms with van der Waals surface area (Å²) in [7, 11) is -3.52. The van der Waals surface area contributed by atoms with E-state index in [0.29, 0.717) is 9.50 Å². The molecule has 0 saturated heterocycles. The average Bonchev–Trinajstić information content (AvgIpc) is 2.32. The summed E-state index contributed by atoms with van der Waals surface area (Å²) in [6.45, 7) is 5.82. The Labute approximate surface area is 122 Å². The molecule has 0 amide bonds. The van der Waals surface area contributed by atoms with Gasteiger partial charge in [0.15, 0.2) is 0 Å². The van der Waals surface area contributed by atoms with Gasteiger partial charge in [-0.1, -0.05) is 25.4 Å². The van der Waals surface area contributed by atoms with Crippen molar-refractivity contribution in [1.29, 1.82) is 0 Å². The van der Waals surface area contributed by atoms with Gasteiger partial charge in [-0.05, 0) is 53.9 Å². The van der Waals surface area contributed by atoms with Crippen LogP contribution >= 0.6 is 27.5 Å². The topological polar surface area (TPSA) is 46.2 Å². The number of hydrogen-bond donors (Lipinski definition) is 1. The molecule has 0 fully saturated rings. The first-order valence-electron chi connectivity index (χ1n) is 5.73. The Morgan fingerprint density at radius 3 is 2.33 bits per heavy atom. The molecular formula is C12H17BrClNO2S. The SMILES string of the molecule is CCC(C)(CC)NS(=O)(=O)c1ccc(Cl)c(Br)c1. The second kappa shape index (κ2) is 5.90. The highest BCUT2D eigenvalue weighted by atomic mass is 79.9. The van der Waals surface area contributed by atoms with Crippen molar-refractivity contribution in [2.45, 2.75) is 44.0 Å². The number of rotatable bonds is 5. The molecule has 0 aliphatic rings. The normalized spacial score (nSPS) is 12.7. The highest BCUT2D eigenvalue weighted by Crippen LogP contribution is 2.26. The third-order valence-corrected chi connectivity index (χ3v) is 5.99. The van der Waals surface area contributed by atoms with Crippen LogP contribution in [-0.2, 0) is 10.0 Å². The molecule has 0 spiro atoms. The van der Waals surface area contributed by atoms with Gasteiger partial charge in [0.2, 0.25) is 10.0 Å². The van der Waals surface area contributed by atoms with Gasteiger partial charge < -0.3 is 0 Å². The predicted molar refractivity (Wildman–Crippen MR) is 78.5 cm³/mol. The molecule has 0 heterocycles. The fraction of sp³-hybridized carbons (Fsp3) is 0.500. The first-order valence-corrected chi connectivity index (χ1v) is 8.38. The molecule has 0 aliphatic carbocycles. The molecule has 0 aromatic heterocycles. The van der Waals surface area contributed by atoms with Crippen LogP contribution in [0.4, 0.5) is 0 Å². The van der Waals surface area contributed by atoms with Crippen LogP contribution < -0.4 is 4.72 Å². The molecule has 0 aliphatic heterocycles. The molecule has 0 atom stereocenters. The largest absolute Gasteiger partial charge is 0.241 e. The minimum atomic E-state index is -3.52. The standard InChI is InChI=1S/C12H17BrClNO2S/c1-4-12(3,5-2)15-18(16,17)9-6-7-11(14)10(13)8-9/h6-8,15H,4-5H2,1-3H3. The van der Waals surface area contributed by atoms with Gasteiger partial charge >= 0.3 is 0 Å². The van der Waals surface area contributed by atoms with Gasteiger partial charge in [-0.3, -0.25) is 0 Å². The summed E-state index contributed by atoms with van der Waals surface area (Å²) in [5, 5.41) is 0.489. The van der Waals surface area contributed by atoms with Crippen molar-refractivity contribution in [3.8, 4) is 0 Å². The maximum Gasteiger partial charge on any atom is 0.241 e. The number of nitrogens with one attached hydrogen (secondary N) is 1. The van der Waals surface area contributed by atoms with Crippen LogP contribution in [0.5, 0.6) is 0 Å². The Bertz CT molecular complexity index is 527. The molecule has 0 bridgehead atoms. The number of halogens is 2. The second-order valence-corrected chi connectivity index (χ2v) is 7.39. The van der Waals surface area contributed by atoms with E-state index in [-0.39, 0.29) is 4.90 Å². The van der Waals surface area contributed by atoms with E-state index >= 15 is 0 Å². The zero-order valence-electron chi connectivity index (χ0n) is 10.6. The lowest BCUT2D eigenvalue weighted by atomic mass is 9.98. The first kappa shape index (κ1) is 16.0. The Morgan fingerprint density at radius 1 is 1.33 bits per heavy atom. The van der Waals surface area contributed by atoms with E-state index in [9.17, 15) is 8.42 Å². The average molecular weight is 355 g/mol. The van der Waals surface area contributed by atoms with Crippen LogP contribution in [0.25, 0.3) is 0 Å².